The SMILES string of the molecule is COc1cc(Br)ccc1C(N)c1cc(Cl)sc1Cl. The van der Waals surface area contributed by atoms with Crippen LogP contribution >= 0.6 is 50.5 Å². The largest absolute Gasteiger partial charge is 0.496 e. The second-order valence-corrected chi connectivity index (χ2v) is 6.84. The van der Waals surface area contributed by atoms with Crippen LogP contribution in [-0.4, -0.2) is 7.11 Å². The molecule has 0 bridgehead atoms. The number of hydrogen-bond donors (Lipinski definition) is 1. The molecule has 0 spiro atoms. The Morgan fingerprint density at radius 3 is 2.56 bits per heavy atom. The van der Waals surface area contributed by atoms with Gasteiger partial charge >= 0.3 is 0 Å². The van der Waals surface area contributed by atoms with Gasteiger partial charge in [-0.25, -0.2) is 0 Å². The van der Waals surface area contributed by atoms with Crippen LogP contribution in [0.1, 0.15) is 17.2 Å². The summed E-state index contributed by atoms with van der Waals surface area (Å²) in [5.74, 6) is 0.718. The highest BCUT2D eigenvalue weighted by Gasteiger charge is 2.19. The lowest BCUT2D eigenvalue weighted by Crippen LogP contribution is -2.12. The first-order valence-corrected chi connectivity index (χ1v) is 7.43. The number of ether oxygens (including phenoxy) is 1. The molecule has 2 N–H and O–H groups in total. The molecule has 0 saturated carbocycles. The third kappa shape index (κ3) is 2.83. The average Bonchev–Trinajstić information content (AvgIpc) is 2.67. The van der Waals surface area contributed by atoms with Gasteiger partial charge in [-0.3, -0.25) is 0 Å². The van der Waals surface area contributed by atoms with Crippen LogP contribution < -0.4 is 10.5 Å². The van der Waals surface area contributed by atoms with Crippen molar-refractivity contribution >= 4 is 50.5 Å². The van der Waals surface area contributed by atoms with E-state index >= 15 is 0 Å². The summed E-state index contributed by atoms with van der Waals surface area (Å²) in [6.07, 6.45) is 0. The first kappa shape index (κ1) is 14.2. The predicted molar refractivity (Wildman–Crippen MR) is 81.1 cm³/mol. The zero-order valence-corrected chi connectivity index (χ0v) is 13.3. The summed E-state index contributed by atoms with van der Waals surface area (Å²) >= 11 is 16.8. The van der Waals surface area contributed by atoms with Crippen LogP contribution in [0, 0.1) is 0 Å². The van der Waals surface area contributed by atoms with Gasteiger partial charge in [0.2, 0.25) is 0 Å². The van der Waals surface area contributed by atoms with Gasteiger partial charge in [0.25, 0.3) is 0 Å². The Morgan fingerprint density at radius 1 is 1.28 bits per heavy atom. The van der Waals surface area contributed by atoms with Crippen molar-refractivity contribution in [1.29, 1.82) is 0 Å². The molecule has 2 rings (SSSR count). The van der Waals surface area contributed by atoms with Gasteiger partial charge in [-0.15, -0.1) is 11.3 Å². The number of hydrogen-bond acceptors (Lipinski definition) is 3. The van der Waals surface area contributed by atoms with Crippen LogP contribution in [0.15, 0.2) is 28.7 Å². The first-order valence-electron chi connectivity index (χ1n) is 5.06. The molecule has 2 nitrogen and oxygen atoms in total. The summed E-state index contributed by atoms with van der Waals surface area (Å²) < 4.78 is 7.50. The third-order valence-electron chi connectivity index (χ3n) is 2.55. The fourth-order valence-electron chi connectivity index (χ4n) is 1.67. The summed E-state index contributed by atoms with van der Waals surface area (Å²) in [7, 11) is 1.61. The van der Waals surface area contributed by atoms with Crippen LogP contribution in [0.2, 0.25) is 8.67 Å². The molecule has 1 aromatic heterocycles. The van der Waals surface area contributed by atoms with Gasteiger partial charge < -0.3 is 10.5 Å². The van der Waals surface area contributed by atoms with Crippen molar-refractivity contribution in [3.05, 3.63) is 48.5 Å². The molecular formula is C12H10BrCl2NOS. The van der Waals surface area contributed by atoms with Gasteiger partial charge in [-0.2, -0.15) is 0 Å². The third-order valence-corrected chi connectivity index (χ3v) is 4.56. The Hall–Kier alpha value is -0.260. The maximum absolute atomic E-state index is 6.23. The molecule has 1 unspecified atom stereocenters. The van der Waals surface area contributed by atoms with Crippen LogP contribution in [0.5, 0.6) is 5.75 Å². The predicted octanol–water partition coefficient (Wildman–Crippen LogP) is 4.87. The molecule has 0 aliphatic rings. The smallest absolute Gasteiger partial charge is 0.125 e. The van der Waals surface area contributed by atoms with Crippen LogP contribution in [0.4, 0.5) is 0 Å². The Bertz CT molecular complexity index is 573. The number of thiophene rings is 1. The zero-order chi connectivity index (χ0) is 13.3. The number of nitrogens with two attached hydrogens (primary N) is 1. The summed E-state index contributed by atoms with van der Waals surface area (Å²) in [6.45, 7) is 0. The fraction of sp³-hybridized carbons (Fsp3) is 0.167. The highest BCUT2D eigenvalue weighted by molar-refractivity contribution is 9.10. The van der Waals surface area contributed by atoms with E-state index in [1.165, 1.54) is 11.3 Å². The van der Waals surface area contributed by atoms with Crippen molar-refractivity contribution in [3.8, 4) is 5.75 Å². The Labute approximate surface area is 128 Å². The molecular weight excluding hydrogens is 357 g/mol. The number of methoxy groups -OCH3 is 1. The molecule has 1 atom stereocenters. The molecule has 0 saturated heterocycles. The number of halogens is 3. The van der Waals surface area contributed by atoms with E-state index < -0.39 is 0 Å². The molecule has 1 aromatic carbocycles. The number of benzene rings is 1. The molecule has 2 aromatic rings. The maximum Gasteiger partial charge on any atom is 0.125 e. The Morgan fingerprint density at radius 2 is 2.00 bits per heavy atom. The van der Waals surface area contributed by atoms with Crippen molar-refractivity contribution in [2.75, 3.05) is 7.11 Å². The minimum Gasteiger partial charge on any atom is -0.496 e. The lowest BCUT2D eigenvalue weighted by atomic mass is 10.0. The highest BCUT2D eigenvalue weighted by atomic mass is 79.9. The van der Waals surface area contributed by atoms with Crippen molar-refractivity contribution in [1.82, 2.24) is 0 Å². The molecule has 18 heavy (non-hydrogen) atoms. The topological polar surface area (TPSA) is 35.2 Å². The van der Waals surface area contributed by atoms with Crippen LogP contribution in [0.25, 0.3) is 0 Å². The maximum atomic E-state index is 6.23. The molecule has 96 valence electrons. The second kappa shape index (κ2) is 5.80. The minimum absolute atomic E-state index is 0.357. The highest BCUT2D eigenvalue weighted by Crippen LogP contribution is 2.39. The molecule has 6 heteroatoms. The number of rotatable bonds is 3. The summed E-state index contributed by atoms with van der Waals surface area (Å²) in [5.41, 5.74) is 7.91. The summed E-state index contributed by atoms with van der Waals surface area (Å²) in [6, 6.07) is 7.14. The van der Waals surface area contributed by atoms with E-state index in [9.17, 15) is 0 Å². The monoisotopic (exact) mass is 365 g/mol. The van der Waals surface area contributed by atoms with Gasteiger partial charge in [-0.1, -0.05) is 45.2 Å². The fourth-order valence-corrected chi connectivity index (χ4v) is 3.56. The van der Waals surface area contributed by atoms with Crippen molar-refractivity contribution in [3.63, 3.8) is 0 Å². The van der Waals surface area contributed by atoms with Crippen molar-refractivity contribution in [2.45, 2.75) is 6.04 Å². The molecule has 0 amide bonds. The lowest BCUT2D eigenvalue weighted by molar-refractivity contribution is 0.407. The molecule has 0 radical (unpaired) electrons. The molecule has 0 aliphatic heterocycles. The van der Waals surface area contributed by atoms with Crippen LogP contribution in [-0.2, 0) is 0 Å². The van der Waals surface area contributed by atoms with E-state index in [-0.39, 0.29) is 6.04 Å². The first-order chi connectivity index (χ1) is 8.52. The standard InChI is InChI=1S/C12H10BrCl2NOS/c1-17-9-4-6(13)2-3-7(9)11(16)8-5-10(14)18-12(8)15/h2-5,11H,16H2,1H3. The second-order valence-electron chi connectivity index (χ2n) is 3.64. The van der Waals surface area contributed by atoms with E-state index in [4.69, 9.17) is 33.7 Å². The van der Waals surface area contributed by atoms with Crippen molar-refractivity contribution < 1.29 is 4.74 Å². The Balaban J connectivity index is 2.45. The van der Waals surface area contributed by atoms with Gasteiger partial charge in [0.15, 0.2) is 0 Å². The molecule has 1 heterocycles. The van der Waals surface area contributed by atoms with E-state index in [1.54, 1.807) is 13.2 Å². The lowest BCUT2D eigenvalue weighted by Gasteiger charge is -2.15. The summed E-state index contributed by atoms with van der Waals surface area (Å²) in [4.78, 5) is 0. The molecule has 0 aliphatic carbocycles. The zero-order valence-electron chi connectivity index (χ0n) is 9.41. The van der Waals surface area contributed by atoms with E-state index in [0.717, 1.165) is 21.3 Å². The normalized spacial score (nSPS) is 12.5. The van der Waals surface area contributed by atoms with Gasteiger partial charge in [-0.05, 0) is 18.2 Å². The summed E-state index contributed by atoms with van der Waals surface area (Å²) in [5, 5.41) is 0. The average molecular weight is 367 g/mol. The van der Waals surface area contributed by atoms with E-state index in [0.29, 0.717) is 8.67 Å². The van der Waals surface area contributed by atoms with Gasteiger partial charge in [0.1, 0.15) is 5.75 Å². The molecule has 0 fully saturated rings. The van der Waals surface area contributed by atoms with Crippen LogP contribution in [0.3, 0.4) is 0 Å². The van der Waals surface area contributed by atoms with Gasteiger partial charge in [0.05, 0.1) is 21.8 Å². The van der Waals surface area contributed by atoms with Gasteiger partial charge in [0, 0.05) is 15.6 Å². The van der Waals surface area contributed by atoms with E-state index in [1.807, 2.05) is 18.2 Å². The quantitative estimate of drug-likeness (QED) is 0.840. The van der Waals surface area contributed by atoms with E-state index in [2.05, 4.69) is 15.9 Å². The minimum atomic E-state index is -0.357. The Kier molecular flexibility index (Phi) is 4.56. The van der Waals surface area contributed by atoms with Crippen molar-refractivity contribution in [2.24, 2.45) is 5.73 Å².